The van der Waals surface area contributed by atoms with Gasteiger partial charge in [0.1, 0.15) is 5.82 Å². The highest BCUT2D eigenvalue weighted by Crippen LogP contribution is 2.25. The number of halogens is 1. The van der Waals surface area contributed by atoms with E-state index in [1.165, 1.54) is 12.1 Å². The molecule has 8 nitrogen and oxygen atoms in total. The number of hydrogen-bond acceptors (Lipinski definition) is 5. The van der Waals surface area contributed by atoms with Gasteiger partial charge in [0, 0.05) is 38.9 Å². The van der Waals surface area contributed by atoms with E-state index in [0.717, 1.165) is 12.8 Å². The summed E-state index contributed by atoms with van der Waals surface area (Å²) in [5.74, 6) is 0.844. The Morgan fingerprint density at radius 3 is 2.74 bits per heavy atom. The van der Waals surface area contributed by atoms with Crippen molar-refractivity contribution >= 4 is 17.6 Å². The minimum Gasteiger partial charge on any atom is -0.343 e. The second-order valence-electron chi connectivity index (χ2n) is 6.44. The average Bonchev–Trinajstić information content (AvgIpc) is 3.12. The molecule has 1 aliphatic rings. The molecule has 0 atom stereocenters. The Morgan fingerprint density at radius 1 is 1.30 bits per heavy atom. The number of para-hydroxylation sites is 1. The molecule has 1 saturated heterocycles. The Kier molecular flexibility index (Phi) is 6.00. The van der Waals surface area contributed by atoms with Gasteiger partial charge in [0.15, 0.2) is 5.82 Å². The summed E-state index contributed by atoms with van der Waals surface area (Å²) >= 11 is 0. The van der Waals surface area contributed by atoms with Gasteiger partial charge in [-0.3, -0.25) is 4.79 Å². The Morgan fingerprint density at radius 2 is 2.04 bits per heavy atom. The molecule has 0 saturated carbocycles. The highest BCUT2D eigenvalue weighted by atomic mass is 19.1. The first-order chi connectivity index (χ1) is 13.0. The molecule has 1 aliphatic heterocycles. The summed E-state index contributed by atoms with van der Waals surface area (Å²) in [5, 5.41) is 9.09. The van der Waals surface area contributed by atoms with Crippen molar-refractivity contribution in [2.75, 3.05) is 25.0 Å². The van der Waals surface area contributed by atoms with Gasteiger partial charge in [-0.2, -0.15) is 4.98 Å². The highest BCUT2D eigenvalue weighted by molar-refractivity contribution is 5.89. The van der Waals surface area contributed by atoms with Crippen LogP contribution >= 0.6 is 0 Å². The normalized spacial score (nSPS) is 14.8. The van der Waals surface area contributed by atoms with Gasteiger partial charge in [-0.15, -0.1) is 0 Å². The number of urea groups is 1. The molecule has 1 fully saturated rings. The molecule has 2 aromatic rings. The fourth-order valence-electron chi connectivity index (χ4n) is 3.00. The Labute approximate surface area is 156 Å². The van der Waals surface area contributed by atoms with Gasteiger partial charge in [0.25, 0.3) is 0 Å². The van der Waals surface area contributed by atoms with E-state index in [1.807, 2.05) is 4.90 Å². The summed E-state index contributed by atoms with van der Waals surface area (Å²) in [6.07, 6.45) is 1.99. The van der Waals surface area contributed by atoms with Crippen LogP contribution in [0.5, 0.6) is 0 Å². The lowest BCUT2D eigenvalue weighted by atomic mass is 9.96. The summed E-state index contributed by atoms with van der Waals surface area (Å²) in [5.41, 5.74) is 0.118. The number of anilines is 1. The Bertz CT molecular complexity index is 802. The van der Waals surface area contributed by atoms with Gasteiger partial charge in [0.05, 0.1) is 5.69 Å². The van der Waals surface area contributed by atoms with E-state index in [1.54, 1.807) is 19.1 Å². The first-order valence-corrected chi connectivity index (χ1v) is 8.90. The van der Waals surface area contributed by atoms with Crippen molar-refractivity contribution in [3.63, 3.8) is 0 Å². The zero-order valence-electron chi connectivity index (χ0n) is 15.1. The van der Waals surface area contributed by atoms with Gasteiger partial charge in [-0.25, -0.2) is 9.18 Å². The van der Waals surface area contributed by atoms with Crippen LogP contribution in [-0.4, -0.2) is 46.6 Å². The molecular weight excluding hydrogens is 353 g/mol. The third-order valence-corrected chi connectivity index (χ3v) is 4.54. The van der Waals surface area contributed by atoms with Crippen molar-refractivity contribution in [3.05, 3.63) is 41.8 Å². The topological polar surface area (TPSA) is 100 Å². The SMILES string of the molecule is CC(=O)N1CCC(c2noc(CCNC(=O)Nc3ccccc3F)n2)CC1. The van der Waals surface area contributed by atoms with Crippen LogP contribution in [0.3, 0.4) is 0 Å². The molecule has 2 N–H and O–H groups in total. The average molecular weight is 375 g/mol. The van der Waals surface area contributed by atoms with Gasteiger partial charge in [0.2, 0.25) is 11.8 Å². The van der Waals surface area contributed by atoms with E-state index < -0.39 is 11.8 Å². The van der Waals surface area contributed by atoms with Crippen molar-refractivity contribution in [1.29, 1.82) is 0 Å². The smallest absolute Gasteiger partial charge is 0.319 e. The molecular formula is C18H22FN5O3. The highest BCUT2D eigenvalue weighted by Gasteiger charge is 2.25. The van der Waals surface area contributed by atoms with Crippen LogP contribution in [0, 0.1) is 5.82 Å². The van der Waals surface area contributed by atoms with Crippen LogP contribution in [0.25, 0.3) is 0 Å². The molecule has 0 unspecified atom stereocenters. The minimum absolute atomic E-state index is 0.0852. The minimum atomic E-state index is -0.503. The molecule has 2 heterocycles. The molecule has 0 radical (unpaired) electrons. The van der Waals surface area contributed by atoms with Crippen molar-refractivity contribution < 1.29 is 18.5 Å². The first kappa shape index (κ1) is 18.8. The molecule has 9 heteroatoms. The monoisotopic (exact) mass is 375 g/mol. The summed E-state index contributed by atoms with van der Waals surface area (Å²) in [4.78, 5) is 29.4. The largest absolute Gasteiger partial charge is 0.343 e. The number of carbonyl (C=O) groups is 2. The number of piperidine rings is 1. The van der Waals surface area contributed by atoms with Gasteiger partial charge < -0.3 is 20.1 Å². The molecule has 3 rings (SSSR count). The standard InChI is InChI=1S/C18H22FN5O3/c1-12(25)24-10-7-13(8-11-24)17-22-16(27-23-17)6-9-20-18(26)21-15-5-3-2-4-14(15)19/h2-5,13H,6-11H2,1H3,(H2,20,21,26). The van der Waals surface area contributed by atoms with E-state index in [9.17, 15) is 14.0 Å². The van der Waals surface area contributed by atoms with E-state index in [2.05, 4.69) is 20.8 Å². The van der Waals surface area contributed by atoms with Crippen LogP contribution in [0.15, 0.2) is 28.8 Å². The molecule has 0 aliphatic carbocycles. The number of hydrogen-bond donors (Lipinski definition) is 2. The molecule has 27 heavy (non-hydrogen) atoms. The summed E-state index contributed by atoms with van der Waals surface area (Å²) in [7, 11) is 0. The quantitative estimate of drug-likeness (QED) is 0.835. The number of nitrogens with zero attached hydrogens (tertiary/aromatic N) is 3. The maximum atomic E-state index is 13.5. The number of likely N-dealkylation sites (tertiary alicyclic amines) is 1. The van der Waals surface area contributed by atoms with Crippen LogP contribution in [0.1, 0.15) is 37.4 Å². The maximum absolute atomic E-state index is 13.5. The van der Waals surface area contributed by atoms with Crippen molar-refractivity contribution in [2.24, 2.45) is 0 Å². The number of rotatable bonds is 5. The molecule has 1 aromatic heterocycles. The lowest BCUT2D eigenvalue weighted by Crippen LogP contribution is -2.36. The van der Waals surface area contributed by atoms with Crippen LogP contribution in [0.2, 0.25) is 0 Å². The van der Waals surface area contributed by atoms with Gasteiger partial charge in [-0.1, -0.05) is 17.3 Å². The summed E-state index contributed by atoms with van der Waals surface area (Å²) in [6.45, 7) is 3.25. The molecule has 3 amide bonds. The van der Waals surface area contributed by atoms with Crippen LogP contribution in [0.4, 0.5) is 14.9 Å². The first-order valence-electron chi connectivity index (χ1n) is 8.90. The lowest BCUT2D eigenvalue weighted by molar-refractivity contribution is -0.129. The van der Waals surface area contributed by atoms with Crippen LogP contribution in [-0.2, 0) is 11.2 Å². The number of benzene rings is 1. The molecule has 1 aromatic carbocycles. The molecule has 0 spiro atoms. The van der Waals surface area contributed by atoms with Crippen molar-refractivity contribution in [1.82, 2.24) is 20.4 Å². The predicted octanol–water partition coefficient (Wildman–Crippen LogP) is 2.30. The number of carbonyl (C=O) groups excluding carboxylic acids is 2. The van der Waals surface area contributed by atoms with Crippen LogP contribution < -0.4 is 10.6 Å². The summed E-state index contributed by atoms with van der Waals surface area (Å²) in [6, 6.07) is 5.44. The second kappa shape index (κ2) is 8.61. The zero-order valence-corrected chi connectivity index (χ0v) is 15.1. The van der Waals surface area contributed by atoms with Gasteiger partial charge >= 0.3 is 6.03 Å². The number of amides is 3. The molecule has 144 valence electrons. The van der Waals surface area contributed by atoms with E-state index >= 15 is 0 Å². The third-order valence-electron chi connectivity index (χ3n) is 4.54. The lowest BCUT2D eigenvalue weighted by Gasteiger charge is -2.29. The van der Waals surface area contributed by atoms with Gasteiger partial charge in [-0.05, 0) is 25.0 Å². The molecule has 0 bridgehead atoms. The summed E-state index contributed by atoms with van der Waals surface area (Å²) < 4.78 is 18.7. The second-order valence-corrected chi connectivity index (χ2v) is 6.44. The van der Waals surface area contributed by atoms with Crippen molar-refractivity contribution in [2.45, 2.75) is 32.1 Å². The van der Waals surface area contributed by atoms with E-state index in [4.69, 9.17) is 4.52 Å². The Hall–Kier alpha value is -2.97. The number of aromatic nitrogens is 2. The van der Waals surface area contributed by atoms with Crippen molar-refractivity contribution in [3.8, 4) is 0 Å². The Balaban J connectivity index is 1.43. The predicted molar refractivity (Wildman–Crippen MR) is 95.7 cm³/mol. The maximum Gasteiger partial charge on any atom is 0.319 e. The fraction of sp³-hybridized carbons (Fsp3) is 0.444. The third kappa shape index (κ3) is 5.02. The fourth-order valence-corrected chi connectivity index (χ4v) is 3.00. The van der Waals surface area contributed by atoms with E-state index in [-0.39, 0.29) is 24.1 Å². The number of nitrogens with one attached hydrogen (secondary N) is 2. The van der Waals surface area contributed by atoms with E-state index in [0.29, 0.717) is 31.2 Å². The zero-order chi connectivity index (χ0) is 19.2.